The Morgan fingerprint density at radius 3 is 2.76 bits per heavy atom. The number of hydrogen-bond donors (Lipinski definition) is 1. The van der Waals surface area contributed by atoms with Crippen molar-refractivity contribution in [1.82, 2.24) is 15.3 Å². The van der Waals surface area contributed by atoms with E-state index in [1.807, 2.05) is 13.0 Å². The van der Waals surface area contributed by atoms with Crippen molar-refractivity contribution in [3.05, 3.63) is 17.5 Å². The molecule has 0 atom stereocenters. The second kappa shape index (κ2) is 5.12. The summed E-state index contributed by atoms with van der Waals surface area (Å²) in [6.07, 6.45) is 2.41. The van der Waals surface area contributed by atoms with E-state index in [4.69, 9.17) is 0 Å². The molecular formula is C12H18N4O. The van der Waals surface area contributed by atoms with Gasteiger partial charge >= 0.3 is 0 Å². The number of aromatic nitrogens is 2. The van der Waals surface area contributed by atoms with Gasteiger partial charge < -0.3 is 10.2 Å². The maximum atomic E-state index is 10.9. The highest BCUT2D eigenvalue weighted by Crippen LogP contribution is 2.16. The van der Waals surface area contributed by atoms with E-state index < -0.39 is 0 Å². The molecule has 1 fully saturated rings. The molecule has 0 bridgehead atoms. The van der Waals surface area contributed by atoms with Crippen molar-refractivity contribution in [2.75, 3.05) is 18.0 Å². The maximum absolute atomic E-state index is 10.9. The topological polar surface area (TPSA) is 58.1 Å². The summed E-state index contributed by atoms with van der Waals surface area (Å²) in [4.78, 5) is 22.0. The van der Waals surface area contributed by atoms with Crippen LogP contribution in [0, 0.1) is 6.92 Å². The molecule has 0 radical (unpaired) electrons. The molecular weight excluding hydrogens is 216 g/mol. The molecule has 0 aliphatic carbocycles. The number of amides is 1. The number of anilines is 1. The van der Waals surface area contributed by atoms with Crippen LogP contribution in [0.5, 0.6) is 0 Å². The lowest BCUT2D eigenvalue weighted by atomic mass is 10.3. The number of aryl methyl sites for hydroxylation is 1. The molecule has 0 unspecified atom stereocenters. The van der Waals surface area contributed by atoms with Crippen LogP contribution >= 0.6 is 0 Å². The van der Waals surface area contributed by atoms with Gasteiger partial charge in [0.2, 0.25) is 11.9 Å². The third-order valence-electron chi connectivity index (χ3n) is 2.80. The Labute approximate surface area is 101 Å². The molecule has 1 aliphatic rings. The number of carbonyl (C=O) groups excluding carboxylic acids is 1. The van der Waals surface area contributed by atoms with Gasteiger partial charge in [-0.1, -0.05) is 0 Å². The Bertz CT molecular complexity index is 413. The van der Waals surface area contributed by atoms with E-state index in [0.717, 1.165) is 30.4 Å². The van der Waals surface area contributed by atoms with Gasteiger partial charge in [-0.25, -0.2) is 9.97 Å². The Hall–Kier alpha value is -1.65. The molecule has 1 amide bonds. The molecule has 1 aromatic rings. The molecule has 92 valence electrons. The van der Waals surface area contributed by atoms with Gasteiger partial charge in [-0.2, -0.15) is 0 Å². The van der Waals surface area contributed by atoms with E-state index in [0.29, 0.717) is 6.54 Å². The van der Waals surface area contributed by atoms with E-state index in [9.17, 15) is 4.79 Å². The van der Waals surface area contributed by atoms with Crippen molar-refractivity contribution in [1.29, 1.82) is 0 Å². The van der Waals surface area contributed by atoms with E-state index >= 15 is 0 Å². The average Bonchev–Trinajstić information content (AvgIpc) is 2.79. The van der Waals surface area contributed by atoms with Crippen LogP contribution in [0.4, 0.5) is 5.95 Å². The minimum Gasteiger partial charge on any atom is -0.351 e. The van der Waals surface area contributed by atoms with Gasteiger partial charge in [0.05, 0.1) is 12.2 Å². The van der Waals surface area contributed by atoms with Crippen molar-refractivity contribution in [3.8, 4) is 0 Å². The summed E-state index contributed by atoms with van der Waals surface area (Å²) in [6, 6.07) is 1.91. The average molecular weight is 234 g/mol. The number of hydrogen-bond acceptors (Lipinski definition) is 4. The third kappa shape index (κ3) is 3.15. The molecule has 0 spiro atoms. The zero-order valence-corrected chi connectivity index (χ0v) is 10.4. The van der Waals surface area contributed by atoms with Gasteiger partial charge in [-0.3, -0.25) is 4.79 Å². The summed E-state index contributed by atoms with van der Waals surface area (Å²) in [5, 5.41) is 2.76. The Morgan fingerprint density at radius 1 is 1.41 bits per heavy atom. The second-order valence-corrected chi connectivity index (χ2v) is 4.40. The molecule has 5 heteroatoms. The molecule has 2 rings (SSSR count). The van der Waals surface area contributed by atoms with Crippen molar-refractivity contribution >= 4 is 11.9 Å². The van der Waals surface area contributed by atoms with Crippen molar-refractivity contribution in [3.63, 3.8) is 0 Å². The lowest BCUT2D eigenvalue weighted by Gasteiger charge is -2.16. The van der Waals surface area contributed by atoms with Gasteiger partial charge in [0.15, 0.2) is 0 Å². The van der Waals surface area contributed by atoms with Gasteiger partial charge in [-0.15, -0.1) is 0 Å². The summed E-state index contributed by atoms with van der Waals surface area (Å²) < 4.78 is 0. The van der Waals surface area contributed by atoms with E-state index in [2.05, 4.69) is 20.2 Å². The van der Waals surface area contributed by atoms with Gasteiger partial charge in [0, 0.05) is 25.7 Å². The first-order valence-electron chi connectivity index (χ1n) is 5.99. The zero-order valence-electron chi connectivity index (χ0n) is 10.4. The van der Waals surface area contributed by atoms with Crippen LogP contribution in [0.25, 0.3) is 0 Å². The normalized spacial score (nSPS) is 15.1. The fraction of sp³-hybridized carbons (Fsp3) is 0.583. The minimum atomic E-state index is -0.0380. The second-order valence-electron chi connectivity index (χ2n) is 4.40. The van der Waals surface area contributed by atoms with E-state index in [1.54, 1.807) is 0 Å². The summed E-state index contributed by atoms with van der Waals surface area (Å²) in [5.74, 6) is 0.756. The number of carbonyl (C=O) groups is 1. The van der Waals surface area contributed by atoms with Crippen LogP contribution < -0.4 is 10.2 Å². The molecule has 1 saturated heterocycles. The van der Waals surface area contributed by atoms with Crippen LogP contribution in [-0.4, -0.2) is 29.0 Å². The van der Waals surface area contributed by atoms with Crippen molar-refractivity contribution in [2.24, 2.45) is 0 Å². The van der Waals surface area contributed by atoms with Gasteiger partial charge in [-0.05, 0) is 25.8 Å². The van der Waals surface area contributed by atoms with Gasteiger partial charge in [0.1, 0.15) is 0 Å². The zero-order chi connectivity index (χ0) is 12.3. The lowest BCUT2D eigenvalue weighted by Crippen LogP contribution is -2.23. The Balaban J connectivity index is 2.13. The number of nitrogens with zero attached hydrogens (tertiary/aromatic N) is 3. The van der Waals surface area contributed by atoms with Crippen LogP contribution in [0.15, 0.2) is 6.07 Å². The molecule has 1 aliphatic heterocycles. The minimum absolute atomic E-state index is 0.0380. The van der Waals surface area contributed by atoms with Crippen LogP contribution in [0.3, 0.4) is 0 Å². The largest absolute Gasteiger partial charge is 0.351 e. The van der Waals surface area contributed by atoms with Crippen molar-refractivity contribution < 1.29 is 4.79 Å². The highest BCUT2D eigenvalue weighted by molar-refractivity contribution is 5.72. The highest BCUT2D eigenvalue weighted by Gasteiger charge is 2.15. The fourth-order valence-corrected chi connectivity index (χ4v) is 1.98. The molecule has 0 saturated carbocycles. The predicted molar refractivity (Wildman–Crippen MR) is 65.7 cm³/mol. The van der Waals surface area contributed by atoms with Crippen LogP contribution in [-0.2, 0) is 11.3 Å². The van der Waals surface area contributed by atoms with E-state index in [-0.39, 0.29) is 5.91 Å². The van der Waals surface area contributed by atoms with Gasteiger partial charge in [0.25, 0.3) is 0 Å². The summed E-state index contributed by atoms with van der Waals surface area (Å²) in [7, 11) is 0. The van der Waals surface area contributed by atoms with Crippen LogP contribution in [0.1, 0.15) is 31.2 Å². The molecule has 1 aromatic heterocycles. The Kier molecular flexibility index (Phi) is 3.56. The predicted octanol–water partition coefficient (Wildman–Crippen LogP) is 1.02. The molecule has 0 aromatic carbocycles. The van der Waals surface area contributed by atoms with Crippen LogP contribution in [0.2, 0.25) is 0 Å². The summed E-state index contributed by atoms with van der Waals surface area (Å²) >= 11 is 0. The summed E-state index contributed by atoms with van der Waals surface area (Å²) in [5.41, 5.74) is 1.82. The third-order valence-corrected chi connectivity index (χ3v) is 2.80. The molecule has 2 heterocycles. The highest BCUT2D eigenvalue weighted by atomic mass is 16.1. The molecule has 17 heavy (non-hydrogen) atoms. The first-order valence-corrected chi connectivity index (χ1v) is 5.99. The number of nitrogens with one attached hydrogen (secondary N) is 1. The summed E-state index contributed by atoms with van der Waals surface area (Å²) in [6.45, 7) is 6.00. The fourth-order valence-electron chi connectivity index (χ4n) is 1.98. The SMILES string of the molecule is CC(=O)NCc1cc(C)nc(N2CCCC2)n1. The molecule has 5 nitrogen and oxygen atoms in total. The quantitative estimate of drug-likeness (QED) is 0.848. The smallest absolute Gasteiger partial charge is 0.225 e. The van der Waals surface area contributed by atoms with Crippen molar-refractivity contribution in [2.45, 2.75) is 33.2 Å². The monoisotopic (exact) mass is 234 g/mol. The molecule has 1 N–H and O–H groups in total. The first kappa shape index (κ1) is 11.8. The lowest BCUT2D eigenvalue weighted by molar-refractivity contribution is -0.119. The standard InChI is InChI=1S/C12H18N4O/c1-9-7-11(8-13-10(2)17)15-12(14-9)16-5-3-4-6-16/h7H,3-6,8H2,1-2H3,(H,13,17). The van der Waals surface area contributed by atoms with E-state index in [1.165, 1.54) is 19.8 Å². The number of rotatable bonds is 3. The first-order chi connectivity index (χ1) is 8.15. The Morgan fingerprint density at radius 2 is 2.12 bits per heavy atom. The maximum Gasteiger partial charge on any atom is 0.225 e.